The molecule has 116 valence electrons. The number of nitrogens with zero attached hydrogens (tertiary/aromatic N) is 1. The topological polar surface area (TPSA) is 48.4 Å². The maximum atomic E-state index is 11.7. The van der Waals surface area contributed by atoms with E-state index in [1.807, 2.05) is 0 Å². The summed E-state index contributed by atoms with van der Waals surface area (Å²) >= 11 is 15.0. The zero-order chi connectivity index (χ0) is 15.9. The number of rotatable bonds is 6. The molecule has 0 aliphatic carbocycles. The lowest BCUT2D eigenvalue weighted by molar-refractivity contribution is -0.134. The standard InChI is InChI=1S/C15H12BrCl2NO3/c16-15-13(3-1-7-19-15)22-14(20)4-2-8-21-12-6-5-10(17)9-11(12)18/h1,3,5-7,9H,2,4,8H2. The van der Waals surface area contributed by atoms with E-state index in [-0.39, 0.29) is 12.4 Å². The van der Waals surface area contributed by atoms with E-state index in [1.165, 1.54) is 0 Å². The van der Waals surface area contributed by atoms with Gasteiger partial charge in [-0.2, -0.15) is 0 Å². The average Bonchev–Trinajstić information content (AvgIpc) is 2.48. The van der Waals surface area contributed by atoms with Crippen molar-refractivity contribution in [3.8, 4) is 11.5 Å². The first-order chi connectivity index (χ1) is 10.6. The fourth-order valence-corrected chi connectivity index (χ4v) is 2.41. The van der Waals surface area contributed by atoms with Gasteiger partial charge < -0.3 is 9.47 Å². The van der Waals surface area contributed by atoms with Crippen molar-refractivity contribution in [2.75, 3.05) is 6.61 Å². The van der Waals surface area contributed by atoms with E-state index in [1.54, 1.807) is 36.5 Å². The Balaban J connectivity index is 1.74. The van der Waals surface area contributed by atoms with E-state index in [2.05, 4.69) is 20.9 Å². The largest absolute Gasteiger partial charge is 0.492 e. The predicted octanol–water partition coefficient (Wildman–Crippen LogP) is 4.92. The second-order valence-corrected chi connectivity index (χ2v) is 5.89. The van der Waals surface area contributed by atoms with Gasteiger partial charge in [0.25, 0.3) is 0 Å². The van der Waals surface area contributed by atoms with Gasteiger partial charge in [0.15, 0.2) is 5.75 Å². The highest BCUT2D eigenvalue weighted by molar-refractivity contribution is 9.10. The summed E-state index contributed by atoms with van der Waals surface area (Å²) < 4.78 is 11.2. The second-order valence-electron chi connectivity index (χ2n) is 4.29. The molecule has 2 aromatic rings. The van der Waals surface area contributed by atoms with Crippen molar-refractivity contribution in [1.29, 1.82) is 0 Å². The van der Waals surface area contributed by atoms with Gasteiger partial charge in [0.05, 0.1) is 11.6 Å². The zero-order valence-electron chi connectivity index (χ0n) is 11.4. The Bertz CT molecular complexity index is 667. The molecule has 0 bridgehead atoms. The molecule has 0 aliphatic heterocycles. The number of halogens is 3. The summed E-state index contributed by atoms with van der Waals surface area (Å²) in [6.45, 7) is 0.352. The van der Waals surface area contributed by atoms with Crippen LogP contribution in [0.5, 0.6) is 11.5 Å². The van der Waals surface area contributed by atoms with E-state index in [9.17, 15) is 4.79 Å². The van der Waals surface area contributed by atoms with Crippen molar-refractivity contribution in [1.82, 2.24) is 4.98 Å². The summed E-state index contributed by atoms with van der Waals surface area (Å²) in [5, 5.41) is 0.984. The molecule has 0 atom stereocenters. The van der Waals surface area contributed by atoms with Crippen molar-refractivity contribution < 1.29 is 14.3 Å². The van der Waals surface area contributed by atoms with Crippen LogP contribution in [0.15, 0.2) is 41.1 Å². The Kier molecular flexibility index (Phi) is 6.49. The van der Waals surface area contributed by atoms with Gasteiger partial charge in [-0.3, -0.25) is 4.79 Å². The molecule has 2 rings (SSSR count). The molecule has 0 amide bonds. The van der Waals surface area contributed by atoms with E-state index < -0.39 is 0 Å². The third-order valence-corrected chi connectivity index (χ3v) is 3.75. The van der Waals surface area contributed by atoms with Crippen LogP contribution >= 0.6 is 39.1 Å². The Morgan fingerprint density at radius 2 is 2.05 bits per heavy atom. The Labute approximate surface area is 146 Å². The van der Waals surface area contributed by atoms with Crippen LogP contribution in [0.25, 0.3) is 0 Å². The van der Waals surface area contributed by atoms with Gasteiger partial charge in [-0.1, -0.05) is 23.2 Å². The average molecular weight is 405 g/mol. The number of hydrogen-bond donors (Lipinski definition) is 0. The van der Waals surface area contributed by atoms with Gasteiger partial charge in [-0.05, 0) is 52.7 Å². The van der Waals surface area contributed by atoms with Crippen LogP contribution in [0.2, 0.25) is 10.0 Å². The van der Waals surface area contributed by atoms with Crippen LogP contribution in [0, 0.1) is 0 Å². The van der Waals surface area contributed by atoms with E-state index >= 15 is 0 Å². The number of benzene rings is 1. The Hall–Kier alpha value is -1.30. The summed E-state index contributed by atoms with van der Waals surface area (Å²) in [6.07, 6.45) is 2.34. The highest BCUT2D eigenvalue weighted by Gasteiger charge is 2.09. The summed E-state index contributed by atoms with van der Waals surface area (Å²) in [6, 6.07) is 8.34. The third kappa shape index (κ3) is 5.16. The lowest BCUT2D eigenvalue weighted by Gasteiger charge is -2.08. The molecule has 1 heterocycles. The molecule has 0 saturated carbocycles. The van der Waals surface area contributed by atoms with Crippen LogP contribution in [0.4, 0.5) is 0 Å². The van der Waals surface area contributed by atoms with Crippen LogP contribution in [-0.4, -0.2) is 17.6 Å². The minimum atomic E-state index is -0.348. The third-order valence-electron chi connectivity index (χ3n) is 2.63. The zero-order valence-corrected chi connectivity index (χ0v) is 14.5. The van der Waals surface area contributed by atoms with Crippen molar-refractivity contribution in [3.63, 3.8) is 0 Å². The molecule has 1 aromatic carbocycles. The molecule has 7 heteroatoms. The van der Waals surface area contributed by atoms with Crippen molar-refractivity contribution in [3.05, 3.63) is 51.2 Å². The van der Waals surface area contributed by atoms with Crippen molar-refractivity contribution in [2.45, 2.75) is 12.8 Å². The van der Waals surface area contributed by atoms with E-state index in [4.69, 9.17) is 32.7 Å². The van der Waals surface area contributed by atoms with Crippen molar-refractivity contribution >= 4 is 45.1 Å². The molecule has 22 heavy (non-hydrogen) atoms. The van der Waals surface area contributed by atoms with Crippen molar-refractivity contribution in [2.24, 2.45) is 0 Å². The maximum absolute atomic E-state index is 11.7. The number of carbonyl (C=O) groups is 1. The Morgan fingerprint density at radius 3 is 2.77 bits per heavy atom. The second kappa shape index (κ2) is 8.36. The maximum Gasteiger partial charge on any atom is 0.311 e. The Morgan fingerprint density at radius 1 is 1.23 bits per heavy atom. The first-order valence-corrected chi connectivity index (χ1v) is 8.00. The molecule has 0 saturated heterocycles. The normalized spacial score (nSPS) is 10.3. The number of esters is 1. The number of aromatic nitrogens is 1. The fraction of sp³-hybridized carbons (Fsp3) is 0.200. The first-order valence-electron chi connectivity index (χ1n) is 6.45. The molecule has 0 unspecified atom stereocenters. The summed E-state index contributed by atoms with van der Waals surface area (Å²) in [4.78, 5) is 15.7. The smallest absolute Gasteiger partial charge is 0.311 e. The lowest BCUT2D eigenvalue weighted by Crippen LogP contribution is -2.10. The highest BCUT2D eigenvalue weighted by Crippen LogP contribution is 2.27. The predicted molar refractivity (Wildman–Crippen MR) is 88.8 cm³/mol. The molecule has 4 nitrogen and oxygen atoms in total. The van der Waals surface area contributed by atoms with Crippen LogP contribution in [-0.2, 0) is 4.79 Å². The lowest BCUT2D eigenvalue weighted by atomic mass is 10.3. The van der Waals surface area contributed by atoms with Gasteiger partial charge in [0, 0.05) is 17.6 Å². The van der Waals surface area contributed by atoms with Crippen LogP contribution < -0.4 is 9.47 Å². The molecule has 0 fully saturated rings. The molecule has 1 aromatic heterocycles. The number of ether oxygens (including phenoxy) is 2. The van der Waals surface area contributed by atoms with E-state index in [0.717, 1.165) is 0 Å². The minimum Gasteiger partial charge on any atom is -0.492 e. The summed E-state index contributed by atoms with van der Waals surface area (Å²) in [5.41, 5.74) is 0. The first kappa shape index (κ1) is 17.1. The number of pyridine rings is 1. The van der Waals surface area contributed by atoms with Crippen LogP contribution in [0.1, 0.15) is 12.8 Å². The van der Waals surface area contributed by atoms with Gasteiger partial charge in [0.2, 0.25) is 0 Å². The molecule has 0 spiro atoms. The van der Waals surface area contributed by atoms with Gasteiger partial charge in [-0.15, -0.1) is 0 Å². The molecular formula is C15H12BrCl2NO3. The molecular weight excluding hydrogens is 393 g/mol. The molecule has 0 aliphatic rings. The van der Waals surface area contributed by atoms with Gasteiger partial charge in [-0.25, -0.2) is 4.98 Å². The monoisotopic (exact) mass is 403 g/mol. The fourth-order valence-electron chi connectivity index (χ4n) is 1.61. The van der Waals surface area contributed by atoms with E-state index in [0.29, 0.717) is 39.2 Å². The summed E-state index contributed by atoms with van der Waals surface area (Å²) in [5.74, 6) is 0.586. The van der Waals surface area contributed by atoms with Gasteiger partial charge in [0.1, 0.15) is 10.4 Å². The minimum absolute atomic E-state index is 0.229. The summed E-state index contributed by atoms with van der Waals surface area (Å²) in [7, 11) is 0. The highest BCUT2D eigenvalue weighted by atomic mass is 79.9. The quantitative estimate of drug-likeness (QED) is 0.389. The van der Waals surface area contributed by atoms with Gasteiger partial charge >= 0.3 is 5.97 Å². The number of hydrogen-bond acceptors (Lipinski definition) is 4. The molecule has 0 N–H and O–H groups in total. The molecule has 0 radical (unpaired) electrons. The number of carbonyl (C=O) groups excluding carboxylic acids is 1. The SMILES string of the molecule is O=C(CCCOc1ccc(Cl)cc1Cl)Oc1cccnc1Br. The van der Waals surface area contributed by atoms with Crippen LogP contribution in [0.3, 0.4) is 0 Å².